The highest BCUT2D eigenvalue weighted by atomic mass is 16.2. The van der Waals surface area contributed by atoms with Crippen molar-refractivity contribution in [1.29, 1.82) is 0 Å². The van der Waals surface area contributed by atoms with Gasteiger partial charge >= 0.3 is 0 Å². The molecule has 6 heteroatoms. The van der Waals surface area contributed by atoms with Crippen LogP contribution in [0.15, 0.2) is 72.9 Å². The van der Waals surface area contributed by atoms with Gasteiger partial charge in [0.1, 0.15) is 5.82 Å². The number of nitrogens with one attached hydrogen (secondary N) is 1. The van der Waals surface area contributed by atoms with Gasteiger partial charge in [-0.25, -0.2) is 4.98 Å². The van der Waals surface area contributed by atoms with Crippen LogP contribution in [-0.4, -0.2) is 30.6 Å². The number of carbonyl (C=O) groups excluding carboxylic acids is 1. The van der Waals surface area contributed by atoms with Gasteiger partial charge in [-0.3, -0.25) is 9.48 Å². The van der Waals surface area contributed by atoms with E-state index in [1.807, 2.05) is 84.3 Å². The fraction of sp³-hybridized carbons (Fsp3) is 0.269. The zero-order valence-corrected chi connectivity index (χ0v) is 18.4. The lowest BCUT2D eigenvalue weighted by Crippen LogP contribution is -2.32. The zero-order valence-electron chi connectivity index (χ0n) is 18.4. The topological polar surface area (TPSA) is 66.8 Å². The molecule has 1 fully saturated rings. The maximum atomic E-state index is 13.5. The third-order valence-corrected chi connectivity index (χ3v) is 6.20. The minimum atomic E-state index is 0.0266. The van der Waals surface area contributed by atoms with Crippen molar-refractivity contribution in [3.63, 3.8) is 0 Å². The fourth-order valence-electron chi connectivity index (χ4n) is 4.28. The van der Waals surface area contributed by atoms with Gasteiger partial charge in [0.15, 0.2) is 0 Å². The Hall–Kier alpha value is -3.67. The van der Waals surface area contributed by atoms with E-state index in [1.165, 1.54) is 5.56 Å². The SMILES string of the molecule is Cc1cc(CN(Cc2cnc(-c3ccccc3)[nH]2)C(=O)[C@H]2C[C@H]2c2ccccc2)nn1C. The number of benzene rings is 2. The first kappa shape index (κ1) is 20.2. The van der Waals surface area contributed by atoms with E-state index in [9.17, 15) is 4.79 Å². The van der Waals surface area contributed by atoms with E-state index < -0.39 is 0 Å². The Bertz CT molecular complexity index is 1190. The molecule has 2 atom stereocenters. The van der Waals surface area contributed by atoms with E-state index in [4.69, 9.17) is 0 Å². The summed E-state index contributed by atoms with van der Waals surface area (Å²) >= 11 is 0. The molecule has 0 saturated heterocycles. The Kier molecular flexibility index (Phi) is 5.35. The lowest BCUT2D eigenvalue weighted by Gasteiger charge is -2.21. The van der Waals surface area contributed by atoms with Gasteiger partial charge < -0.3 is 9.88 Å². The Labute approximate surface area is 187 Å². The van der Waals surface area contributed by atoms with Crippen molar-refractivity contribution in [2.24, 2.45) is 13.0 Å². The van der Waals surface area contributed by atoms with E-state index in [-0.39, 0.29) is 11.8 Å². The average Bonchev–Trinajstić information content (AvgIpc) is 3.38. The normalized spacial score (nSPS) is 17.3. The van der Waals surface area contributed by atoms with Gasteiger partial charge in [-0.2, -0.15) is 5.10 Å². The van der Waals surface area contributed by atoms with Crippen LogP contribution in [0.3, 0.4) is 0 Å². The third-order valence-electron chi connectivity index (χ3n) is 6.20. The van der Waals surface area contributed by atoms with E-state index in [0.717, 1.165) is 34.9 Å². The van der Waals surface area contributed by atoms with Crippen molar-refractivity contribution in [2.45, 2.75) is 32.4 Å². The first-order valence-electron chi connectivity index (χ1n) is 11.0. The summed E-state index contributed by atoms with van der Waals surface area (Å²) in [7, 11) is 1.93. The molecule has 1 aliphatic rings. The molecule has 1 amide bonds. The van der Waals surface area contributed by atoms with E-state index in [2.05, 4.69) is 27.2 Å². The molecule has 4 aromatic rings. The molecular weight excluding hydrogens is 398 g/mol. The van der Waals surface area contributed by atoms with Crippen LogP contribution in [0.1, 0.15) is 35.0 Å². The van der Waals surface area contributed by atoms with Gasteiger partial charge in [0.25, 0.3) is 0 Å². The van der Waals surface area contributed by atoms with Gasteiger partial charge in [-0.05, 0) is 30.9 Å². The zero-order chi connectivity index (χ0) is 22.1. The number of hydrogen-bond acceptors (Lipinski definition) is 3. The second-order valence-electron chi connectivity index (χ2n) is 8.58. The Morgan fingerprint density at radius 1 is 1.09 bits per heavy atom. The summed E-state index contributed by atoms with van der Waals surface area (Å²) in [5, 5.41) is 4.58. The lowest BCUT2D eigenvalue weighted by molar-refractivity contribution is -0.134. The molecule has 1 saturated carbocycles. The lowest BCUT2D eigenvalue weighted by atomic mass is 10.1. The van der Waals surface area contributed by atoms with Crippen molar-refractivity contribution < 1.29 is 4.79 Å². The van der Waals surface area contributed by atoms with Crippen LogP contribution in [-0.2, 0) is 24.9 Å². The molecule has 162 valence electrons. The molecule has 0 bridgehead atoms. The third kappa shape index (κ3) is 4.21. The predicted molar refractivity (Wildman–Crippen MR) is 124 cm³/mol. The van der Waals surface area contributed by atoms with Crippen LogP contribution in [0.4, 0.5) is 0 Å². The predicted octanol–water partition coefficient (Wildman–Crippen LogP) is 4.45. The van der Waals surface area contributed by atoms with E-state index in [1.54, 1.807) is 0 Å². The molecular formula is C26H27N5O. The summed E-state index contributed by atoms with van der Waals surface area (Å²) in [6.07, 6.45) is 2.73. The van der Waals surface area contributed by atoms with Crippen molar-refractivity contribution in [1.82, 2.24) is 24.6 Å². The molecule has 2 aromatic carbocycles. The van der Waals surface area contributed by atoms with Gasteiger partial charge in [0.2, 0.25) is 5.91 Å². The highest BCUT2D eigenvalue weighted by molar-refractivity contribution is 5.83. The summed E-state index contributed by atoms with van der Waals surface area (Å²) < 4.78 is 1.85. The highest BCUT2D eigenvalue weighted by Gasteiger charge is 2.45. The number of rotatable bonds is 7. The standard InChI is InChI=1S/C26H27N5O/c1-18-13-21(29-30(18)2)16-31(26(32)24-14-23(24)19-9-5-3-6-10-19)17-22-15-27-25(28-22)20-11-7-4-8-12-20/h3-13,15,23-24H,14,16-17H2,1-2H3,(H,27,28)/t23-,24-/m0/s1. The Morgan fingerprint density at radius 2 is 1.81 bits per heavy atom. The maximum absolute atomic E-state index is 13.5. The second kappa shape index (κ2) is 8.46. The average molecular weight is 426 g/mol. The van der Waals surface area contributed by atoms with Crippen LogP contribution < -0.4 is 0 Å². The minimum Gasteiger partial charge on any atom is -0.340 e. The van der Waals surface area contributed by atoms with Crippen LogP contribution >= 0.6 is 0 Å². The molecule has 2 aromatic heterocycles. The molecule has 1 N–H and O–H groups in total. The molecule has 0 unspecified atom stereocenters. The first-order valence-corrected chi connectivity index (χ1v) is 11.0. The monoisotopic (exact) mass is 425 g/mol. The number of aryl methyl sites for hydroxylation is 2. The first-order chi connectivity index (χ1) is 15.6. The summed E-state index contributed by atoms with van der Waals surface area (Å²) in [6, 6.07) is 22.4. The van der Waals surface area contributed by atoms with Gasteiger partial charge in [-0.1, -0.05) is 60.7 Å². The molecule has 0 spiro atoms. The molecule has 5 rings (SSSR count). The summed E-state index contributed by atoms with van der Waals surface area (Å²) in [5.41, 5.74) is 5.17. The van der Waals surface area contributed by atoms with Crippen molar-refractivity contribution in [3.05, 3.63) is 95.6 Å². The number of carbonyl (C=O) groups is 1. The minimum absolute atomic E-state index is 0.0266. The van der Waals surface area contributed by atoms with Crippen molar-refractivity contribution in [3.8, 4) is 11.4 Å². The van der Waals surface area contributed by atoms with Crippen LogP contribution in [0.2, 0.25) is 0 Å². The molecule has 1 aliphatic carbocycles. The Morgan fingerprint density at radius 3 is 2.50 bits per heavy atom. The van der Waals surface area contributed by atoms with Gasteiger partial charge in [-0.15, -0.1) is 0 Å². The van der Waals surface area contributed by atoms with Gasteiger partial charge in [0, 0.05) is 24.2 Å². The smallest absolute Gasteiger partial charge is 0.227 e. The van der Waals surface area contributed by atoms with Crippen molar-refractivity contribution >= 4 is 5.91 Å². The summed E-state index contributed by atoms with van der Waals surface area (Å²) in [6.45, 7) is 2.99. The van der Waals surface area contributed by atoms with E-state index >= 15 is 0 Å². The number of aromatic nitrogens is 4. The molecule has 2 heterocycles. The van der Waals surface area contributed by atoms with Gasteiger partial charge in [0.05, 0.1) is 30.7 Å². The second-order valence-corrected chi connectivity index (χ2v) is 8.58. The summed E-state index contributed by atoms with van der Waals surface area (Å²) in [5.74, 6) is 1.32. The molecule has 0 radical (unpaired) electrons. The number of nitrogens with zero attached hydrogens (tertiary/aromatic N) is 4. The largest absolute Gasteiger partial charge is 0.340 e. The number of H-pyrrole nitrogens is 1. The highest BCUT2D eigenvalue weighted by Crippen LogP contribution is 2.48. The van der Waals surface area contributed by atoms with Crippen molar-refractivity contribution in [2.75, 3.05) is 0 Å². The molecule has 0 aliphatic heterocycles. The molecule has 6 nitrogen and oxygen atoms in total. The number of amides is 1. The number of hydrogen-bond donors (Lipinski definition) is 1. The number of imidazole rings is 1. The molecule has 32 heavy (non-hydrogen) atoms. The Balaban J connectivity index is 1.36. The summed E-state index contributed by atoms with van der Waals surface area (Å²) in [4.78, 5) is 23.4. The maximum Gasteiger partial charge on any atom is 0.227 e. The van der Waals surface area contributed by atoms with Crippen LogP contribution in [0, 0.1) is 12.8 Å². The quantitative estimate of drug-likeness (QED) is 0.476. The van der Waals surface area contributed by atoms with Crippen LogP contribution in [0.25, 0.3) is 11.4 Å². The fourth-order valence-corrected chi connectivity index (χ4v) is 4.28. The van der Waals surface area contributed by atoms with Crippen LogP contribution in [0.5, 0.6) is 0 Å². The van der Waals surface area contributed by atoms with E-state index in [0.29, 0.717) is 19.0 Å². The number of aromatic amines is 1.